The number of rotatable bonds is 4. The fourth-order valence-corrected chi connectivity index (χ4v) is 5.09. The third-order valence-electron chi connectivity index (χ3n) is 3.10. The number of pyridine rings is 1. The Morgan fingerprint density at radius 3 is 2.52 bits per heavy atom. The Kier molecular flexibility index (Phi) is 4.76. The quantitative estimate of drug-likeness (QED) is 0.850. The summed E-state index contributed by atoms with van der Waals surface area (Å²) in [6, 6.07) is 1.32. The van der Waals surface area contributed by atoms with Gasteiger partial charge in [0, 0.05) is 25.8 Å². The van der Waals surface area contributed by atoms with Gasteiger partial charge in [-0.25, -0.2) is 21.8 Å². The van der Waals surface area contributed by atoms with Crippen molar-refractivity contribution < 1.29 is 16.8 Å². The van der Waals surface area contributed by atoms with E-state index in [9.17, 15) is 16.8 Å². The van der Waals surface area contributed by atoms with E-state index in [4.69, 9.17) is 11.6 Å². The van der Waals surface area contributed by atoms with Crippen LogP contribution in [0.15, 0.2) is 17.2 Å². The number of sulfone groups is 1. The van der Waals surface area contributed by atoms with Crippen molar-refractivity contribution in [2.24, 2.45) is 0 Å². The summed E-state index contributed by atoms with van der Waals surface area (Å²) in [6.45, 7) is 2.40. The van der Waals surface area contributed by atoms with E-state index in [1.54, 1.807) is 0 Å². The van der Waals surface area contributed by atoms with Gasteiger partial charge < -0.3 is 5.32 Å². The van der Waals surface area contributed by atoms with Crippen molar-refractivity contribution >= 4 is 37.3 Å². The average molecular weight is 354 g/mol. The van der Waals surface area contributed by atoms with Gasteiger partial charge in [0.15, 0.2) is 9.84 Å². The van der Waals surface area contributed by atoms with Gasteiger partial charge >= 0.3 is 0 Å². The molecule has 0 spiro atoms. The molecule has 10 heteroatoms. The highest BCUT2D eigenvalue weighted by molar-refractivity contribution is 7.92. The van der Waals surface area contributed by atoms with Crippen LogP contribution in [0, 0.1) is 0 Å². The fourth-order valence-electron chi connectivity index (χ4n) is 1.94. The van der Waals surface area contributed by atoms with Crippen LogP contribution in [0.2, 0.25) is 5.02 Å². The van der Waals surface area contributed by atoms with Gasteiger partial charge in [0.2, 0.25) is 10.0 Å². The van der Waals surface area contributed by atoms with Crippen molar-refractivity contribution in [3.05, 3.63) is 17.3 Å². The molecule has 1 aromatic heterocycles. The van der Waals surface area contributed by atoms with Gasteiger partial charge in [-0.3, -0.25) is 0 Å². The molecule has 0 unspecified atom stereocenters. The first kappa shape index (κ1) is 16.5. The summed E-state index contributed by atoms with van der Waals surface area (Å²) < 4.78 is 48.7. The number of hydrogen-bond acceptors (Lipinski definition) is 6. The standard InChI is InChI=1S/C11H16ClN3O4S2/c1-2-13-11-10(12)7-9(8-14-11)21(18,19)15-3-5-20(16,17)6-4-15/h7-8H,2-6H2,1H3,(H,13,14). The van der Waals surface area contributed by atoms with Gasteiger partial charge in [-0.05, 0) is 13.0 Å². The molecule has 0 atom stereocenters. The third-order valence-corrected chi connectivity index (χ3v) is 6.86. The number of sulfonamides is 1. The molecular formula is C11H16ClN3O4S2. The third kappa shape index (κ3) is 3.65. The molecule has 0 aliphatic carbocycles. The maximum Gasteiger partial charge on any atom is 0.244 e. The van der Waals surface area contributed by atoms with E-state index in [-0.39, 0.29) is 34.5 Å². The molecule has 0 radical (unpaired) electrons. The van der Waals surface area contributed by atoms with Crippen LogP contribution in [0.5, 0.6) is 0 Å². The smallest absolute Gasteiger partial charge is 0.244 e. The fraction of sp³-hybridized carbons (Fsp3) is 0.545. The van der Waals surface area contributed by atoms with Crippen molar-refractivity contribution in [1.29, 1.82) is 0 Å². The largest absolute Gasteiger partial charge is 0.369 e. The summed E-state index contributed by atoms with van der Waals surface area (Å²) >= 11 is 5.99. The zero-order valence-corrected chi connectivity index (χ0v) is 13.8. The number of nitrogens with one attached hydrogen (secondary N) is 1. The molecular weight excluding hydrogens is 338 g/mol. The van der Waals surface area contributed by atoms with Crippen LogP contribution in [0.25, 0.3) is 0 Å². The van der Waals surface area contributed by atoms with E-state index in [1.807, 2.05) is 6.92 Å². The van der Waals surface area contributed by atoms with Gasteiger partial charge in [0.05, 0.1) is 16.5 Å². The Morgan fingerprint density at radius 1 is 1.38 bits per heavy atom. The average Bonchev–Trinajstić information content (AvgIpc) is 2.40. The van der Waals surface area contributed by atoms with Gasteiger partial charge in [0.1, 0.15) is 10.7 Å². The van der Waals surface area contributed by atoms with Gasteiger partial charge in [-0.2, -0.15) is 4.31 Å². The van der Waals surface area contributed by atoms with Crippen molar-refractivity contribution in [1.82, 2.24) is 9.29 Å². The molecule has 1 aromatic rings. The second-order valence-electron chi connectivity index (χ2n) is 4.59. The minimum absolute atomic E-state index is 0.0338. The minimum atomic E-state index is -3.77. The Labute approximate surface area is 129 Å². The molecule has 21 heavy (non-hydrogen) atoms. The number of halogens is 1. The van der Waals surface area contributed by atoms with Crippen LogP contribution in [-0.2, 0) is 19.9 Å². The highest BCUT2D eigenvalue weighted by Gasteiger charge is 2.31. The molecule has 0 saturated carbocycles. The van der Waals surface area contributed by atoms with Crippen LogP contribution in [0.1, 0.15) is 6.92 Å². The molecule has 1 aliphatic rings. The highest BCUT2D eigenvalue weighted by atomic mass is 35.5. The monoisotopic (exact) mass is 353 g/mol. The van der Waals surface area contributed by atoms with Gasteiger partial charge in [0.25, 0.3) is 0 Å². The Hall–Kier alpha value is -0.900. The highest BCUT2D eigenvalue weighted by Crippen LogP contribution is 2.25. The predicted molar refractivity (Wildman–Crippen MR) is 80.8 cm³/mol. The molecule has 2 rings (SSSR count). The molecule has 7 nitrogen and oxygen atoms in total. The first-order chi connectivity index (χ1) is 9.76. The Morgan fingerprint density at radius 2 is 2.00 bits per heavy atom. The summed E-state index contributed by atoms with van der Waals surface area (Å²) in [5, 5.41) is 3.12. The summed E-state index contributed by atoms with van der Waals surface area (Å²) in [6.07, 6.45) is 1.22. The van der Waals surface area contributed by atoms with E-state index < -0.39 is 19.9 Å². The molecule has 1 fully saturated rings. The topological polar surface area (TPSA) is 96.4 Å². The number of aromatic nitrogens is 1. The molecule has 0 bridgehead atoms. The van der Waals surface area contributed by atoms with Gasteiger partial charge in [-0.15, -0.1) is 0 Å². The second kappa shape index (κ2) is 6.07. The lowest BCUT2D eigenvalue weighted by Gasteiger charge is -2.25. The minimum Gasteiger partial charge on any atom is -0.369 e. The molecule has 0 amide bonds. The zero-order valence-electron chi connectivity index (χ0n) is 11.4. The zero-order chi connectivity index (χ0) is 15.7. The number of nitrogens with zero attached hydrogens (tertiary/aromatic N) is 2. The summed E-state index contributed by atoms with van der Waals surface area (Å²) in [5.74, 6) is 0.0884. The molecule has 2 heterocycles. The lowest BCUT2D eigenvalue weighted by molar-refractivity contribution is 0.430. The summed E-state index contributed by atoms with van der Waals surface area (Å²) in [5.41, 5.74) is 0. The van der Waals surface area contributed by atoms with Crippen LogP contribution < -0.4 is 5.32 Å². The lowest BCUT2D eigenvalue weighted by Crippen LogP contribution is -2.43. The SMILES string of the molecule is CCNc1ncc(S(=O)(=O)N2CCS(=O)(=O)CC2)cc1Cl. The molecule has 1 aliphatic heterocycles. The van der Waals surface area contributed by atoms with Crippen LogP contribution in [0.3, 0.4) is 0 Å². The molecule has 118 valence electrons. The van der Waals surface area contributed by atoms with Crippen molar-refractivity contribution in [3.8, 4) is 0 Å². The van der Waals surface area contributed by atoms with Crippen molar-refractivity contribution in [2.45, 2.75) is 11.8 Å². The summed E-state index contributed by atoms with van der Waals surface area (Å²) in [4.78, 5) is 3.96. The first-order valence-electron chi connectivity index (χ1n) is 6.36. The molecule has 0 aromatic carbocycles. The van der Waals surface area contributed by atoms with E-state index in [0.717, 1.165) is 4.31 Å². The van der Waals surface area contributed by atoms with Gasteiger partial charge in [-0.1, -0.05) is 11.6 Å². The first-order valence-corrected chi connectivity index (χ1v) is 10.0. The molecule has 1 saturated heterocycles. The maximum absolute atomic E-state index is 12.4. The van der Waals surface area contributed by atoms with Crippen LogP contribution in [-0.4, -0.2) is 57.3 Å². The van der Waals surface area contributed by atoms with E-state index >= 15 is 0 Å². The second-order valence-corrected chi connectivity index (χ2v) is 9.24. The van der Waals surface area contributed by atoms with Crippen molar-refractivity contribution in [2.75, 3.05) is 36.5 Å². The van der Waals surface area contributed by atoms with E-state index in [1.165, 1.54) is 12.3 Å². The van der Waals surface area contributed by atoms with Crippen molar-refractivity contribution in [3.63, 3.8) is 0 Å². The van der Waals surface area contributed by atoms with Crippen LogP contribution >= 0.6 is 11.6 Å². The van der Waals surface area contributed by atoms with E-state index in [2.05, 4.69) is 10.3 Å². The Balaban J connectivity index is 2.26. The summed E-state index contributed by atoms with van der Waals surface area (Å²) in [7, 11) is -6.91. The lowest BCUT2D eigenvalue weighted by atomic mass is 10.4. The maximum atomic E-state index is 12.4. The molecule has 1 N–H and O–H groups in total. The number of anilines is 1. The van der Waals surface area contributed by atoms with E-state index in [0.29, 0.717) is 12.4 Å². The Bertz CT molecular complexity index is 720. The normalized spacial score (nSPS) is 19.3. The van der Waals surface area contributed by atoms with Crippen LogP contribution in [0.4, 0.5) is 5.82 Å². The number of hydrogen-bond donors (Lipinski definition) is 1. The predicted octanol–water partition coefficient (Wildman–Crippen LogP) is 0.586.